The summed E-state index contributed by atoms with van der Waals surface area (Å²) >= 11 is 0. The Kier molecular flexibility index (Phi) is 8.96. The monoisotopic (exact) mass is 416 g/mol. The summed E-state index contributed by atoms with van der Waals surface area (Å²) in [6.07, 6.45) is 8.97. The Bertz CT molecular complexity index is 776. The molecule has 0 spiro atoms. The van der Waals surface area contributed by atoms with Gasteiger partial charge in [-0.2, -0.15) is 0 Å². The molecule has 0 saturated carbocycles. The normalized spacial score (nSPS) is 17.5. The SMILES string of the molecule is COC(C/C(C)=C/CCC1CCc2c(C)c(OC(C)=O)c(C)c(C)c2O1)CC(C)C. The number of hydrogen-bond donors (Lipinski definition) is 0. The van der Waals surface area contributed by atoms with Gasteiger partial charge in [0.2, 0.25) is 0 Å². The molecule has 1 heterocycles. The zero-order chi connectivity index (χ0) is 22.4. The molecular formula is C26H40O4. The molecule has 0 bridgehead atoms. The molecular weight excluding hydrogens is 376 g/mol. The standard InChI is InChI=1S/C26H40O4/c1-16(2)14-23(28-8)15-17(3)10-9-11-22-12-13-24-20(6)25(29-21(7)27)18(4)19(5)26(24)30-22/h10,16,22-23H,9,11-15H2,1-8H3/b17-10+. The Morgan fingerprint density at radius 2 is 1.87 bits per heavy atom. The minimum atomic E-state index is -0.276. The van der Waals surface area contributed by atoms with E-state index in [-0.39, 0.29) is 12.1 Å². The third kappa shape index (κ3) is 6.34. The van der Waals surface area contributed by atoms with Crippen molar-refractivity contribution in [3.05, 3.63) is 33.9 Å². The van der Waals surface area contributed by atoms with Gasteiger partial charge in [-0.25, -0.2) is 0 Å². The lowest BCUT2D eigenvalue weighted by molar-refractivity contribution is -0.132. The fraction of sp³-hybridized carbons (Fsp3) is 0.654. The molecule has 30 heavy (non-hydrogen) atoms. The van der Waals surface area contributed by atoms with Crippen LogP contribution in [0.25, 0.3) is 0 Å². The second-order valence-corrected chi connectivity index (χ2v) is 9.20. The van der Waals surface area contributed by atoms with Crippen LogP contribution in [0.5, 0.6) is 11.5 Å². The summed E-state index contributed by atoms with van der Waals surface area (Å²) in [7, 11) is 1.81. The van der Waals surface area contributed by atoms with Crippen molar-refractivity contribution in [1.82, 2.24) is 0 Å². The molecule has 1 aliphatic heterocycles. The Hall–Kier alpha value is -1.81. The number of benzene rings is 1. The molecule has 168 valence electrons. The Morgan fingerprint density at radius 3 is 2.47 bits per heavy atom. The van der Waals surface area contributed by atoms with E-state index in [0.29, 0.717) is 17.8 Å². The van der Waals surface area contributed by atoms with Crippen LogP contribution in [-0.4, -0.2) is 25.3 Å². The fourth-order valence-corrected chi connectivity index (χ4v) is 4.39. The molecule has 2 rings (SSSR count). The predicted molar refractivity (Wildman–Crippen MR) is 123 cm³/mol. The quantitative estimate of drug-likeness (QED) is 0.265. The number of fused-ring (bicyclic) bond motifs is 1. The molecule has 1 aromatic carbocycles. The van der Waals surface area contributed by atoms with Crippen LogP contribution in [0.2, 0.25) is 0 Å². The van der Waals surface area contributed by atoms with Crippen molar-refractivity contribution >= 4 is 5.97 Å². The molecule has 0 saturated heterocycles. The average Bonchev–Trinajstić information content (AvgIpc) is 2.68. The number of esters is 1. The van der Waals surface area contributed by atoms with E-state index < -0.39 is 0 Å². The molecule has 0 amide bonds. The molecule has 2 atom stereocenters. The van der Waals surface area contributed by atoms with E-state index in [1.54, 1.807) is 0 Å². The summed E-state index contributed by atoms with van der Waals surface area (Å²) in [6.45, 7) is 14.2. The maximum Gasteiger partial charge on any atom is 0.308 e. The molecule has 1 aliphatic rings. The van der Waals surface area contributed by atoms with Crippen LogP contribution in [0.3, 0.4) is 0 Å². The van der Waals surface area contributed by atoms with Crippen LogP contribution in [0, 0.1) is 26.7 Å². The van der Waals surface area contributed by atoms with Gasteiger partial charge in [-0.15, -0.1) is 0 Å². The summed E-state index contributed by atoms with van der Waals surface area (Å²) in [5.74, 6) is 2.07. The molecule has 1 aromatic rings. The number of carbonyl (C=O) groups is 1. The van der Waals surface area contributed by atoms with Gasteiger partial charge >= 0.3 is 5.97 Å². The highest BCUT2D eigenvalue weighted by Gasteiger charge is 2.27. The van der Waals surface area contributed by atoms with E-state index >= 15 is 0 Å². The number of ether oxygens (including phenoxy) is 3. The minimum Gasteiger partial charge on any atom is -0.490 e. The molecule has 0 aromatic heterocycles. The van der Waals surface area contributed by atoms with Crippen LogP contribution < -0.4 is 9.47 Å². The van der Waals surface area contributed by atoms with Gasteiger partial charge in [0.1, 0.15) is 11.5 Å². The number of hydrogen-bond acceptors (Lipinski definition) is 4. The first kappa shape index (κ1) is 24.5. The van der Waals surface area contributed by atoms with Gasteiger partial charge in [-0.1, -0.05) is 25.5 Å². The highest BCUT2D eigenvalue weighted by atomic mass is 16.5. The first-order valence-corrected chi connectivity index (χ1v) is 11.3. The third-order valence-electron chi connectivity index (χ3n) is 6.16. The van der Waals surface area contributed by atoms with Crippen LogP contribution in [0.1, 0.15) is 82.1 Å². The van der Waals surface area contributed by atoms with Crippen molar-refractivity contribution in [3.8, 4) is 11.5 Å². The molecule has 0 radical (unpaired) electrons. The minimum absolute atomic E-state index is 0.229. The van der Waals surface area contributed by atoms with Crippen molar-refractivity contribution in [2.75, 3.05) is 7.11 Å². The van der Waals surface area contributed by atoms with Crippen molar-refractivity contribution < 1.29 is 19.0 Å². The smallest absolute Gasteiger partial charge is 0.308 e. The second kappa shape index (κ2) is 11.0. The lowest BCUT2D eigenvalue weighted by Crippen LogP contribution is -2.24. The zero-order valence-corrected chi connectivity index (χ0v) is 20.2. The highest BCUT2D eigenvalue weighted by molar-refractivity contribution is 5.72. The average molecular weight is 417 g/mol. The van der Waals surface area contributed by atoms with Gasteiger partial charge in [-0.05, 0) is 88.8 Å². The summed E-state index contributed by atoms with van der Waals surface area (Å²) in [5.41, 5.74) is 5.70. The Balaban J connectivity index is 2.01. The Morgan fingerprint density at radius 1 is 1.17 bits per heavy atom. The molecule has 0 fully saturated rings. The number of methoxy groups -OCH3 is 1. The van der Waals surface area contributed by atoms with E-state index in [2.05, 4.69) is 33.8 Å². The van der Waals surface area contributed by atoms with Crippen LogP contribution in [-0.2, 0) is 16.0 Å². The predicted octanol–water partition coefficient (Wildman–Crippen LogP) is 6.41. The summed E-state index contributed by atoms with van der Waals surface area (Å²) in [4.78, 5) is 11.5. The zero-order valence-electron chi connectivity index (χ0n) is 20.2. The van der Waals surface area contributed by atoms with Gasteiger partial charge in [0.05, 0.1) is 12.2 Å². The van der Waals surface area contributed by atoms with Crippen LogP contribution in [0.15, 0.2) is 11.6 Å². The maximum atomic E-state index is 11.5. The molecule has 4 heteroatoms. The second-order valence-electron chi connectivity index (χ2n) is 9.20. The highest BCUT2D eigenvalue weighted by Crippen LogP contribution is 2.42. The van der Waals surface area contributed by atoms with E-state index in [0.717, 1.165) is 61.0 Å². The van der Waals surface area contributed by atoms with Crippen LogP contribution >= 0.6 is 0 Å². The summed E-state index contributed by atoms with van der Waals surface area (Å²) in [6, 6.07) is 0. The lowest BCUT2D eigenvalue weighted by Gasteiger charge is -2.30. The summed E-state index contributed by atoms with van der Waals surface area (Å²) < 4.78 is 17.6. The van der Waals surface area contributed by atoms with Crippen LogP contribution in [0.4, 0.5) is 0 Å². The van der Waals surface area contributed by atoms with E-state index in [1.165, 1.54) is 18.1 Å². The van der Waals surface area contributed by atoms with Gasteiger partial charge in [0, 0.05) is 19.6 Å². The number of allylic oxidation sites excluding steroid dienone is 1. The van der Waals surface area contributed by atoms with E-state index in [9.17, 15) is 4.79 Å². The lowest BCUT2D eigenvalue weighted by atomic mass is 9.90. The largest absolute Gasteiger partial charge is 0.490 e. The first-order chi connectivity index (χ1) is 14.1. The molecule has 2 unspecified atom stereocenters. The van der Waals surface area contributed by atoms with Crippen molar-refractivity contribution in [1.29, 1.82) is 0 Å². The Labute approximate surface area is 183 Å². The van der Waals surface area contributed by atoms with Crippen molar-refractivity contribution in [2.24, 2.45) is 5.92 Å². The van der Waals surface area contributed by atoms with Gasteiger partial charge in [0.25, 0.3) is 0 Å². The molecule has 0 N–H and O–H groups in total. The van der Waals surface area contributed by atoms with E-state index in [1.807, 2.05) is 21.0 Å². The van der Waals surface area contributed by atoms with Crippen molar-refractivity contribution in [3.63, 3.8) is 0 Å². The first-order valence-electron chi connectivity index (χ1n) is 11.3. The number of rotatable bonds is 9. The van der Waals surface area contributed by atoms with E-state index in [4.69, 9.17) is 14.2 Å². The maximum absolute atomic E-state index is 11.5. The summed E-state index contributed by atoms with van der Waals surface area (Å²) in [5, 5.41) is 0. The van der Waals surface area contributed by atoms with Gasteiger partial charge in [0.15, 0.2) is 0 Å². The molecule has 4 nitrogen and oxygen atoms in total. The van der Waals surface area contributed by atoms with Gasteiger partial charge < -0.3 is 14.2 Å². The van der Waals surface area contributed by atoms with Gasteiger partial charge in [-0.3, -0.25) is 4.79 Å². The molecule has 0 aliphatic carbocycles. The van der Waals surface area contributed by atoms with Crippen molar-refractivity contribution in [2.45, 2.75) is 99.2 Å². The third-order valence-corrected chi connectivity index (χ3v) is 6.16. The fourth-order valence-electron chi connectivity index (χ4n) is 4.39. The number of carbonyl (C=O) groups excluding carboxylic acids is 1. The topological polar surface area (TPSA) is 44.8 Å².